The summed E-state index contributed by atoms with van der Waals surface area (Å²) in [7, 11) is -3.09. The van der Waals surface area contributed by atoms with Gasteiger partial charge in [0.05, 0.1) is 0 Å². The van der Waals surface area contributed by atoms with Gasteiger partial charge in [-0.15, -0.1) is 0 Å². The lowest BCUT2D eigenvalue weighted by molar-refractivity contribution is -0.121. The second-order valence-electron chi connectivity index (χ2n) is 4.31. The maximum atomic E-state index is 12.0. The number of nitrogens with two attached hydrogens (primary N) is 1. The van der Waals surface area contributed by atoms with E-state index in [0.717, 1.165) is 11.4 Å². The van der Waals surface area contributed by atoms with Crippen LogP contribution in [0.25, 0.3) is 0 Å². The molecule has 0 amide bonds. The van der Waals surface area contributed by atoms with Crippen LogP contribution in [0.2, 0.25) is 0 Å². The zero-order chi connectivity index (χ0) is 16.3. The van der Waals surface area contributed by atoms with E-state index in [2.05, 4.69) is 0 Å². The molecule has 10 heteroatoms. The predicted octanol–water partition coefficient (Wildman–Crippen LogP) is 0.799. The third-order valence-electron chi connectivity index (χ3n) is 2.51. The Morgan fingerprint density at radius 3 is 2.57 bits per heavy atom. The standard InChI is InChI=1S/C11H15F3N4O2S/c1-18(21(19,20)17-7-11(12,13)14)6-8-3-2-4-9(5-8)10(15)16/h2-5,17H,6-7H2,1H3,(H3,15,16). The van der Waals surface area contributed by atoms with E-state index in [9.17, 15) is 21.6 Å². The van der Waals surface area contributed by atoms with Crippen molar-refractivity contribution in [2.24, 2.45) is 5.73 Å². The molecule has 0 heterocycles. The number of benzene rings is 1. The first-order valence-corrected chi connectivity index (χ1v) is 7.16. The zero-order valence-corrected chi connectivity index (χ0v) is 11.9. The van der Waals surface area contributed by atoms with Crippen molar-refractivity contribution in [2.45, 2.75) is 12.7 Å². The minimum atomic E-state index is -4.62. The van der Waals surface area contributed by atoms with E-state index in [0.29, 0.717) is 11.1 Å². The topological polar surface area (TPSA) is 99.3 Å². The number of hydrogen-bond acceptors (Lipinski definition) is 3. The summed E-state index contributed by atoms with van der Waals surface area (Å²) in [6.07, 6.45) is -4.62. The summed E-state index contributed by atoms with van der Waals surface area (Å²) < 4.78 is 61.6. The molecule has 118 valence electrons. The Bertz CT molecular complexity index is 616. The van der Waals surface area contributed by atoms with Gasteiger partial charge in [0.15, 0.2) is 0 Å². The molecule has 21 heavy (non-hydrogen) atoms. The van der Waals surface area contributed by atoms with Crippen LogP contribution in [0.15, 0.2) is 24.3 Å². The highest BCUT2D eigenvalue weighted by Gasteiger charge is 2.30. The van der Waals surface area contributed by atoms with Crippen LogP contribution in [0, 0.1) is 5.41 Å². The summed E-state index contributed by atoms with van der Waals surface area (Å²) >= 11 is 0. The zero-order valence-electron chi connectivity index (χ0n) is 11.1. The Hall–Kier alpha value is -1.65. The largest absolute Gasteiger partial charge is 0.402 e. The summed E-state index contributed by atoms with van der Waals surface area (Å²) in [6.45, 7) is -1.78. The van der Waals surface area contributed by atoms with Crippen LogP contribution >= 0.6 is 0 Å². The molecule has 4 N–H and O–H groups in total. The van der Waals surface area contributed by atoms with Gasteiger partial charge < -0.3 is 5.73 Å². The molecule has 6 nitrogen and oxygen atoms in total. The van der Waals surface area contributed by atoms with Crippen LogP contribution in [0.5, 0.6) is 0 Å². The maximum absolute atomic E-state index is 12.0. The van der Waals surface area contributed by atoms with Crippen LogP contribution < -0.4 is 10.5 Å². The van der Waals surface area contributed by atoms with Crippen molar-refractivity contribution in [1.29, 1.82) is 5.41 Å². The number of rotatable bonds is 6. The van der Waals surface area contributed by atoms with Crippen molar-refractivity contribution >= 4 is 16.0 Å². The smallest absolute Gasteiger partial charge is 0.384 e. The van der Waals surface area contributed by atoms with Crippen LogP contribution in [0.1, 0.15) is 11.1 Å². The Morgan fingerprint density at radius 2 is 2.05 bits per heavy atom. The SMILES string of the molecule is CN(Cc1cccc(C(=N)N)c1)S(=O)(=O)NCC(F)(F)F. The minimum Gasteiger partial charge on any atom is -0.384 e. The fraction of sp³-hybridized carbons (Fsp3) is 0.364. The summed E-state index contributed by atoms with van der Waals surface area (Å²) in [5, 5.41) is 7.28. The molecule has 0 spiro atoms. The van der Waals surface area contributed by atoms with Gasteiger partial charge in [0.1, 0.15) is 12.4 Å². The number of nitrogens with zero attached hydrogens (tertiary/aromatic N) is 1. The first-order chi connectivity index (χ1) is 9.51. The number of amidine groups is 1. The second-order valence-corrected chi connectivity index (χ2v) is 6.17. The lowest BCUT2D eigenvalue weighted by atomic mass is 10.1. The fourth-order valence-electron chi connectivity index (χ4n) is 1.46. The van der Waals surface area contributed by atoms with Crippen molar-refractivity contribution in [3.8, 4) is 0 Å². The lowest BCUT2D eigenvalue weighted by Crippen LogP contribution is -2.42. The van der Waals surface area contributed by atoms with E-state index >= 15 is 0 Å². The first kappa shape index (κ1) is 17.4. The van der Waals surface area contributed by atoms with Gasteiger partial charge in [-0.1, -0.05) is 18.2 Å². The van der Waals surface area contributed by atoms with Crippen molar-refractivity contribution < 1.29 is 21.6 Å². The summed E-state index contributed by atoms with van der Waals surface area (Å²) in [4.78, 5) is 0. The Morgan fingerprint density at radius 1 is 1.43 bits per heavy atom. The molecule has 0 aliphatic carbocycles. The quantitative estimate of drug-likeness (QED) is 0.533. The highest BCUT2D eigenvalue weighted by molar-refractivity contribution is 7.87. The molecular weight excluding hydrogens is 309 g/mol. The summed E-state index contributed by atoms with van der Waals surface area (Å²) in [6, 6.07) is 6.23. The fourth-order valence-corrected chi connectivity index (χ4v) is 2.35. The average molecular weight is 324 g/mol. The molecule has 0 saturated carbocycles. The molecule has 1 rings (SSSR count). The number of halogens is 3. The molecule has 1 aromatic carbocycles. The van der Waals surface area contributed by atoms with Gasteiger partial charge in [-0.2, -0.15) is 30.6 Å². The van der Waals surface area contributed by atoms with Gasteiger partial charge in [-0.25, -0.2) is 0 Å². The molecule has 0 aromatic heterocycles. The first-order valence-electron chi connectivity index (χ1n) is 5.72. The van der Waals surface area contributed by atoms with Gasteiger partial charge in [0.25, 0.3) is 10.2 Å². The number of nitrogens with one attached hydrogen (secondary N) is 2. The van der Waals surface area contributed by atoms with Crippen molar-refractivity contribution in [3.05, 3.63) is 35.4 Å². The van der Waals surface area contributed by atoms with Crippen LogP contribution in [0.4, 0.5) is 13.2 Å². The third kappa shape index (κ3) is 5.69. The van der Waals surface area contributed by atoms with Gasteiger partial charge >= 0.3 is 6.18 Å². The highest BCUT2D eigenvalue weighted by atomic mass is 32.2. The molecule has 0 saturated heterocycles. The molecule has 0 radical (unpaired) electrons. The van der Waals surface area contributed by atoms with E-state index in [1.165, 1.54) is 10.8 Å². The molecule has 0 aliphatic heterocycles. The number of hydrogen-bond donors (Lipinski definition) is 3. The molecular formula is C11H15F3N4O2S. The van der Waals surface area contributed by atoms with E-state index in [1.807, 2.05) is 0 Å². The maximum Gasteiger partial charge on any atom is 0.402 e. The normalized spacial score (nSPS) is 12.6. The Kier molecular flexibility index (Phi) is 5.31. The van der Waals surface area contributed by atoms with E-state index in [-0.39, 0.29) is 12.4 Å². The molecule has 0 atom stereocenters. The second kappa shape index (κ2) is 6.41. The molecule has 0 unspecified atom stereocenters. The van der Waals surface area contributed by atoms with Crippen molar-refractivity contribution in [2.75, 3.05) is 13.6 Å². The Labute approximate surface area is 120 Å². The highest BCUT2D eigenvalue weighted by Crippen LogP contribution is 2.14. The monoisotopic (exact) mass is 324 g/mol. The third-order valence-corrected chi connectivity index (χ3v) is 3.97. The van der Waals surface area contributed by atoms with E-state index in [4.69, 9.17) is 11.1 Å². The molecule has 0 bridgehead atoms. The lowest BCUT2D eigenvalue weighted by Gasteiger charge is -2.18. The predicted molar refractivity (Wildman–Crippen MR) is 71.9 cm³/mol. The number of nitrogen functional groups attached to an aromatic ring is 1. The van der Waals surface area contributed by atoms with Gasteiger partial charge in [-0.3, -0.25) is 5.41 Å². The number of alkyl halides is 3. The van der Waals surface area contributed by atoms with Crippen LogP contribution in [-0.2, 0) is 16.8 Å². The van der Waals surface area contributed by atoms with Crippen LogP contribution in [-0.4, -0.2) is 38.3 Å². The Balaban J connectivity index is 2.78. The van der Waals surface area contributed by atoms with Gasteiger partial charge in [-0.05, 0) is 11.6 Å². The molecule has 0 fully saturated rings. The van der Waals surface area contributed by atoms with Gasteiger partial charge in [0, 0.05) is 19.2 Å². The van der Waals surface area contributed by atoms with Crippen molar-refractivity contribution in [1.82, 2.24) is 9.03 Å². The molecule has 1 aromatic rings. The van der Waals surface area contributed by atoms with E-state index in [1.54, 1.807) is 18.2 Å². The summed E-state index contributed by atoms with van der Waals surface area (Å²) in [5.74, 6) is -0.183. The van der Waals surface area contributed by atoms with Crippen molar-refractivity contribution in [3.63, 3.8) is 0 Å². The summed E-state index contributed by atoms with van der Waals surface area (Å²) in [5.41, 5.74) is 6.22. The van der Waals surface area contributed by atoms with Crippen LogP contribution in [0.3, 0.4) is 0 Å². The van der Waals surface area contributed by atoms with E-state index < -0.39 is 22.9 Å². The van der Waals surface area contributed by atoms with Gasteiger partial charge in [0.2, 0.25) is 0 Å². The minimum absolute atomic E-state index is 0.145. The average Bonchev–Trinajstić information content (AvgIpc) is 2.36. The molecule has 0 aliphatic rings.